The van der Waals surface area contributed by atoms with E-state index in [1.807, 2.05) is 0 Å². The average Bonchev–Trinajstić information content (AvgIpc) is 1.86. The Morgan fingerprint density at radius 2 is 0.313 bits per heavy atom. The van der Waals surface area contributed by atoms with Crippen molar-refractivity contribution in [2.24, 2.45) is 0 Å². The molecule has 0 aliphatic rings. The van der Waals surface area contributed by atoms with Crippen LogP contribution in [0.2, 0.25) is 0 Å². The number of hydrogen-bond acceptors (Lipinski definition) is 6. The van der Waals surface area contributed by atoms with Crippen molar-refractivity contribution >= 4 is 49.7 Å². The molecule has 0 N–H and O–H groups in total. The van der Waals surface area contributed by atoms with Gasteiger partial charge in [-0.05, 0) is 90.4 Å². The van der Waals surface area contributed by atoms with Crippen molar-refractivity contribution in [3.63, 3.8) is 0 Å². The summed E-state index contributed by atoms with van der Waals surface area (Å²) < 4.78 is 0. The third-order valence-corrected chi connectivity index (χ3v) is 22.5. The maximum Gasteiger partial charge on any atom is 2.00 e. The molecular formula is C92H184CaN2O4. The smallest absolute Gasteiger partial charge is 0.550 e. The van der Waals surface area contributed by atoms with Crippen LogP contribution in [0.1, 0.15) is 542 Å². The molecule has 0 aliphatic carbocycles. The molecule has 0 aromatic rings. The summed E-state index contributed by atoms with van der Waals surface area (Å²) in [4.78, 5) is 27.6. The molecule has 99 heavy (non-hydrogen) atoms. The Labute approximate surface area is 655 Å². The van der Waals surface area contributed by atoms with Gasteiger partial charge in [0.2, 0.25) is 0 Å². The average molecular weight is 1420 g/mol. The monoisotopic (exact) mass is 1420 g/mol. The van der Waals surface area contributed by atoms with Crippen LogP contribution < -0.4 is 10.2 Å². The molecule has 0 amide bonds. The Bertz CT molecular complexity index is 1280. The van der Waals surface area contributed by atoms with E-state index in [4.69, 9.17) is 0 Å². The van der Waals surface area contributed by atoms with Crippen molar-refractivity contribution in [3.8, 4) is 0 Å². The third-order valence-electron chi connectivity index (χ3n) is 22.5. The van der Waals surface area contributed by atoms with Crippen molar-refractivity contribution in [2.45, 2.75) is 554 Å². The summed E-state index contributed by atoms with van der Waals surface area (Å²) in [6.07, 6.45) is 106. The Balaban J connectivity index is -0.00000184. The molecule has 0 saturated heterocycles. The van der Waals surface area contributed by atoms with E-state index in [1.54, 1.807) is 0 Å². The van der Waals surface area contributed by atoms with Crippen LogP contribution in [-0.4, -0.2) is 97.7 Å². The number of nitrogens with zero attached hydrogens (tertiary/aromatic N) is 2. The largest absolute Gasteiger partial charge is 2.00 e. The van der Waals surface area contributed by atoms with Crippen LogP contribution in [0.15, 0.2) is 0 Å². The molecular weight excluding hydrogens is 1240 g/mol. The molecule has 0 fully saturated rings. The van der Waals surface area contributed by atoms with Gasteiger partial charge in [-0.1, -0.05) is 478 Å². The Hall–Kier alpha value is 0.120. The summed E-state index contributed by atoms with van der Waals surface area (Å²) >= 11 is 0. The number of carboxylic acids is 2. The zero-order valence-electron chi connectivity index (χ0n) is 69.4. The normalized spacial score (nSPS) is 12.2. The van der Waals surface area contributed by atoms with Crippen LogP contribution in [0.4, 0.5) is 0 Å². The molecule has 2 unspecified atom stereocenters. The third kappa shape index (κ3) is 86.9. The van der Waals surface area contributed by atoms with Crippen LogP contribution in [0.5, 0.6) is 0 Å². The number of carbonyl (C=O) groups is 2. The number of aliphatic carboxylic acids is 2. The van der Waals surface area contributed by atoms with Crippen LogP contribution in [0.25, 0.3) is 0 Å². The maximum atomic E-state index is 11.2. The zero-order valence-corrected chi connectivity index (χ0v) is 71.6. The number of rotatable bonds is 86. The quantitative estimate of drug-likeness (QED) is 0.0445. The summed E-state index contributed by atoms with van der Waals surface area (Å²) in [7, 11) is 0. The van der Waals surface area contributed by atoms with Gasteiger partial charge in [0.15, 0.2) is 0 Å². The van der Waals surface area contributed by atoms with Gasteiger partial charge in [-0.25, -0.2) is 0 Å². The molecule has 0 aliphatic heterocycles. The Morgan fingerprint density at radius 1 is 0.202 bits per heavy atom. The first-order valence-electron chi connectivity index (χ1n) is 46.2. The van der Waals surface area contributed by atoms with Gasteiger partial charge in [0.25, 0.3) is 0 Å². The van der Waals surface area contributed by atoms with Crippen molar-refractivity contribution in [1.29, 1.82) is 0 Å². The summed E-state index contributed by atoms with van der Waals surface area (Å²) in [6.45, 7) is 18.2. The predicted octanol–water partition coefficient (Wildman–Crippen LogP) is 29.0. The molecule has 0 rings (SSSR count). The number of carboxylic acid groups (broad SMARTS) is 2. The second-order valence-electron chi connectivity index (χ2n) is 32.1. The second kappa shape index (κ2) is 92.3. The van der Waals surface area contributed by atoms with Crippen LogP contribution in [0.3, 0.4) is 0 Å². The van der Waals surface area contributed by atoms with E-state index in [0.717, 1.165) is 51.9 Å². The van der Waals surface area contributed by atoms with Crippen LogP contribution >= 0.6 is 0 Å². The molecule has 0 saturated carbocycles. The second-order valence-corrected chi connectivity index (χ2v) is 32.1. The SMILES string of the molecule is CCCCCCCCCCCCCCCCCCCCN(CCCCCCCCCCCCCCCCCCCC)C(CC)CCC(=O)[O-].CCCCCCCCCCCCCCCCCCCCN(CCCCCCCCCCCCCCCCCCCC)C(CC)CCC(=O)[O-].[Ca+2]. The molecule has 588 valence electrons. The zero-order chi connectivity index (χ0) is 71.4. The standard InChI is InChI=1S/2C46H93NO2.Ca/c2*1-4-7-9-11-13-15-17-19-21-23-25-27-29-31-33-35-37-39-43-47(45(6-3)41-42-46(48)49)44-40-38-36-34-32-30-28-26-24-22-20-18-16-14-12-10-8-5-2;/h2*45H,4-44H2,1-3H3,(H,48,49);/q;;+2/p-2. The van der Waals surface area contributed by atoms with Gasteiger partial charge in [-0.3, -0.25) is 0 Å². The minimum absolute atomic E-state index is 0. The van der Waals surface area contributed by atoms with Gasteiger partial charge in [0, 0.05) is 24.0 Å². The number of unbranched alkanes of at least 4 members (excludes halogenated alkanes) is 68. The fraction of sp³-hybridized carbons (Fsp3) is 0.978. The minimum atomic E-state index is -0.889. The molecule has 0 spiro atoms. The summed E-state index contributed by atoms with van der Waals surface area (Å²) in [5, 5.41) is 22.4. The predicted molar refractivity (Wildman–Crippen MR) is 441 cm³/mol. The van der Waals surface area contributed by atoms with Crippen molar-refractivity contribution in [2.75, 3.05) is 26.2 Å². The van der Waals surface area contributed by atoms with Crippen molar-refractivity contribution < 1.29 is 19.8 Å². The number of hydrogen-bond donors (Lipinski definition) is 0. The summed E-state index contributed by atoms with van der Waals surface area (Å²) in [6, 6.07) is 0.795. The molecule has 0 radical (unpaired) electrons. The Morgan fingerprint density at radius 3 is 0.414 bits per heavy atom. The van der Waals surface area contributed by atoms with Gasteiger partial charge in [-0.15, -0.1) is 0 Å². The van der Waals surface area contributed by atoms with Gasteiger partial charge in [0.05, 0.1) is 0 Å². The van der Waals surface area contributed by atoms with Gasteiger partial charge in [0.1, 0.15) is 0 Å². The topological polar surface area (TPSA) is 86.7 Å². The van der Waals surface area contributed by atoms with Gasteiger partial charge in [-0.2, -0.15) is 0 Å². The molecule has 0 aromatic heterocycles. The minimum Gasteiger partial charge on any atom is -0.550 e. The molecule has 0 heterocycles. The first-order valence-corrected chi connectivity index (χ1v) is 46.2. The van der Waals surface area contributed by atoms with E-state index in [9.17, 15) is 19.8 Å². The molecule has 7 heteroatoms. The molecule has 2 atom stereocenters. The van der Waals surface area contributed by atoms with E-state index in [-0.39, 0.29) is 50.6 Å². The fourth-order valence-corrected chi connectivity index (χ4v) is 15.7. The summed E-state index contributed by atoms with van der Waals surface area (Å²) in [5.41, 5.74) is 0. The molecule has 0 bridgehead atoms. The first-order chi connectivity index (χ1) is 48.3. The van der Waals surface area contributed by atoms with E-state index in [0.29, 0.717) is 12.1 Å². The van der Waals surface area contributed by atoms with Gasteiger partial charge < -0.3 is 29.6 Å². The van der Waals surface area contributed by atoms with Gasteiger partial charge >= 0.3 is 37.7 Å². The van der Waals surface area contributed by atoms with E-state index >= 15 is 0 Å². The van der Waals surface area contributed by atoms with Crippen LogP contribution in [0, 0.1) is 0 Å². The van der Waals surface area contributed by atoms with Crippen molar-refractivity contribution in [3.05, 3.63) is 0 Å². The Kier molecular flexibility index (Phi) is 96.3. The first kappa shape index (κ1) is 103. The van der Waals surface area contributed by atoms with E-state index < -0.39 is 11.9 Å². The van der Waals surface area contributed by atoms with Crippen molar-refractivity contribution in [1.82, 2.24) is 9.80 Å². The van der Waals surface area contributed by atoms with E-state index in [1.165, 1.54) is 462 Å². The number of carbonyl (C=O) groups excluding carboxylic acids is 2. The molecule has 0 aromatic carbocycles. The maximum absolute atomic E-state index is 11.2. The fourth-order valence-electron chi connectivity index (χ4n) is 15.7. The summed E-state index contributed by atoms with van der Waals surface area (Å²) in [5.74, 6) is -1.78. The van der Waals surface area contributed by atoms with Crippen LogP contribution in [-0.2, 0) is 9.59 Å². The molecule has 6 nitrogen and oxygen atoms in total. The van der Waals surface area contributed by atoms with E-state index in [2.05, 4.69) is 51.3 Å².